The van der Waals surface area contributed by atoms with E-state index in [9.17, 15) is 9.59 Å². The molecule has 1 aromatic carbocycles. The smallest absolute Gasteiger partial charge is 0.252 e. The Hall–Kier alpha value is -2.76. The standard InChI is InChI=1S/C20H22N2O4/c1-10-8-16-14(17(23)12(10)3)9-11(2)22(16)15-5-4-13(20(21)24)18-19(15)26-7-6-25-18/h4-5,9-10,12H,6-8H2,1-3H3,(H2,21,24). The monoisotopic (exact) mass is 354 g/mol. The molecule has 0 radical (unpaired) electrons. The number of aromatic nitrogens is 1. The molecule has 1 aromatic heterocycles. The van der Waals surface area contributed by atoms with Crippen LogP contribution in [0.2, 0.25) is 0 Å². The highest BCUT2D eigenvalue weighted by Gasteiger charge is 2.34. The second-order valence-corrected chi connectivity index (χ2v) is 7.17. The molecular weight excluding hydrogens is 332 g/mol. The molecule has 136 valence electrons. The summed E-state index contributed by atoms with van der Waals surface area (Å²) in [5.41, 5.74) is 9.27. The molecule has 2 N–H and O–H groups in total. The number of nitrogens with two attached hydrogens (primary N) is 1. The van der Waals surface area contributed by atoms with Gasteiger partial charge in [0.05, 0.1) is 11.3 Å². The van der Waals surface area contributed by atoms with E-state index in [4.69, 9.17) is 15.2 Å². The molecule has 1 amide bonds. The van der Waals surface area contributed by atoms with Crippen molar-refractivity contribution in [2.24, 2.45) is 17.6 Å². The molecule has 1 aliphatic heterocycles. The minimum atomic E-state index is -0.554. The average Bonchev–Trinajstić information content (AvgIpc) is 2.94. The van der Waals surface area contributed by atoms with E-state index in [-0.39, 0.29) is 17.6 Å². The van der Waals surface area contributed by atoms with Crippen LogP contribution in [0.1, 0.15) is 46.0 Å². The Bertz CT molecular complexity index is 928. The number of Topliss-reactive ketones (excluding diaryl/α,β-unsaturated/α-hetero) is 1. The summed E-state index contributed by atoms with van der Waals surface area (Å²) in [6, 6.07) is 5.42. The highest BCUT2D eigenvalue weighted by molar-refractivity contribution is 6.01. The van der Waals surface area contributed by atoms with Crippen LogP contribution in [0, 0.1) is 18.8 Å². The molecule has 2 aliphatic rings. The summed E-state index contributed by atoms with van der Waals surface area (Å²) < 4.78 is 13.6. The fourth-order valence-electron chi connectivity index (χ4n) is 3.92. The van der Waals surface area contributed by atoms with Crippen molar-refractivity contribution >= 4 is 11.7 Å². The molecule has 0 spiro atoms. The van der Waals surface area contributed by atoms with E-state index >= 15 is 0 Å². The fraction of sp³-hybridized carbons (Fsp3) is 0.400. The Labute approximate surface area is 151 Å². The molecule has 1 aliphatic carbocycles. The minimum absolute atomic E-state index is 0.0171. The lowest BCUT2D eigenvalue weighted by molar-refractivity contribution is 0.0875. The van der Waals surface area contributed by atoms with Crippen LogP contribution >= 0.6 is 0 Å². The number of benzene rings is 1. The van der Waals surface area contributed by atoms with Gasteiger partial charge in [-0.2, -0.15) is 0 Å². The number of amides is 1. The number of fused-ring (bicyclic) bond motifs is 2. The van der Waals surface area contributed by atoms with E-state index in [1.54, 1.807) is 6.07 Å². The first kappa shape index (κ1) is 16.7. The summed E-state index contributed by atoms with van der Waals surface area (Å²) in [5.74, 6) is 0.798. The van der Waals surface area contributed by atoms with Gasteiger partial charge in [-0.25, -0.2) is 0 Å². The molecular formula is C20H22N2O4. The quantitative estimate of drug-likeness (QED) is 0.899. The molecule has 6 nitrogen and oxygen atoms in total. The first-order valence-electron chi connectivity index (χ1n) is 8.88. The molecule has 0 saturated carbocycles. The lowest BCUT2D eigenvalue weighted by Crippen LogP contribution is -2.28. The summed E-state index contributed by atoms with van der Waals surface area (Å²) in [6.45, 7) is 6.83. The van der Waals surface area contributed by atoms with Gasteiger partial charge in [0.2, 0.25) is 0 Å². The van der Waals surface area contributed by atoms with Crippen LogP contribution in [0.4, 0.5) is 0 Å². The molecule has 2 heterocycles. The number of hydrogen-bond acceptors (Lipinski definition) is 4. The number of hydrogen-bond donors (Lipinski definition) is 1. The van der Waals surface area contributed by atoms with Gasteiger partial charge in [0.25, 0.3) is 5.91 Å². The molecule has 2 atom stereocenters. The van der Waals surface area contributed by atoms with Gasteiger partial charge in [-0.3, -0.25) is 9.59 Å². The number of carbonyl (C=O) groups is 2. The normalized spacial score (nSPS) is 21.4. The van der Waals surface area contributed by atoms with Crippen LogP contribution in [0.25, 0.3) is 5.69 Å². The minimum Gasteiger partial charge on any atom is -0.485 e. The van der Waals surface area contributed by atoms with E-state index in [0.717, 1.165) is 29.1 Å². The number of carbonyl (C=O) groups excluding carboxylic acids is 2. The maximum atomic E-state index is 12.7. The lowest BCUT2D eigenvalue weighted by atomic mass is 9.79. The Morgan fingerprint density at radius 2 is 1.88 bits per heavy atom. The van der Waals surface area contributed by atoms with E-state index in [1.165, 1.54) is 0 Å². The predicted octanol–water partition coefficient (Wildman–Crippen LogP) is 2.67. The third kappa shape index (κ3) is 2.32. The van der Waals surface area contributed by atoms with Crippen molar-refractivity contribution in [1.29, 1.82) is 0 Å². The molecule has 26 heavy (non-hydrogen) atoms. The molecule has 0 fully saturated rings. The van der Waals surface area contributed by atoms with Gasteiger partial charge >= 0.3 is 0 Å². The Balaban J connectivity index is 1.94. The highest BCUT2D eigenvalue weighted by Crippen LogP contribution is 2.42. The number of primary amides is 1. The summed E-state index contributed by atoms with van der Waals surface area (Å²) in [6.07, 6.45) is 0.809. The maximum Gasteiger partial charge on any atom is 0.252 e. The van der Waals surface area contributed by atoms with Crippen molar-refractivity contribution in [2.75, 3.05) is 13.2 Å². The zero-order valence-corrected chi connectivity index (χ0v) is 15.2. The molecule has 4 rings (SSSR count). The molecule has 0 bridgehead atoms. The van der Waals surface area contributed by atoms with Gasteiger partial charge in [-0.1, -0.05) is 13.8 Å². The van der Waals surface area contributed by atoms with Crippen LogP contribution < -0.4 is 15.2 Å². The Morgan fingerprint density at radius 3 is 2.58 bits per heavy atom. The second-order valence-electron chi connectivity index (χ2n) is 7.17. The third-order valence-corrected chi connectivity index (χ3v) is 5.51. The van der Waals surface area contributed by atoms with Crippen molar-refractivity contribution in [3.05, 3.63) is 40.7 Å². The van der Waals surface area contributed by atoms with Crippen LogP contribution in [0.5, 0.6) is 11.5 Å². The predicted molar refractivity (Wildman–Crippen MR) is 96.4 cm³/mol. The number of aryl methyl sites for hydroxylation is 1. The number of rotatable bonds is 2. The topological polar surface area (TPSA) is 83.6 Å². The summed E-state index contributed by atoms with van der Waals surface area (Å²) in [4.78, 5) is 24.5. The highest BCUT2D eigenvalue weighted by atomic mass is 16.6. The van der Waals surface area contributed by atoms with Gasteiger partial charge in [-0.15, -0.1) is 0 Å². The van der Waals surface area contributed by atoms with Crippen molar-refractivity contribution in [2.45, 2.75) is 27.2 Å². The van der Waals surface area contributed by atoms with E-state index in [1.807, 2.05) is 30.5 Å². The number of ether oxygens (including phenoxy) is 2. The van der Waals surface area contributed by atoms with Crippen molar-refractivity contribution in [3.63, 3.8) is 0 Å². The van der Waals surface area contributed by atoms with Gasteiger partial charge in [0.15, 0.2) is 17.3 Å². The first-order valence-corrected chi connectivity index (χ1v) is 8.88. The first-order chi connectivity index (χ1) is 12.4. The molecule has 2 unspecified atom stereocenters. The summed E-state index contributed by atoms with van der Waals surface area (Å²) in [5, 5.41) is 0. The van der Waals surface area contributed by atoms with Crippen LogP contribution in [-0.4, -0.2) is 29.5 Å². The van der Waals surface area contributed by atoms with Gasteiger partial charge in [0, 0.05) is 22.9 Å². The fourth-order valence-corrected chi connectivity index (χ4v) is 3.92. The summed E-state index contributed by atoms with van der Waals surface area (Å²) in [7, 11) is 0. The van der Waals surface area contributed by atoms with E-state index < -0.39 is 5.91 Å². The second kappa shape index (κ2) is 5.90. The number of nitrogens with zero attached hydrogens (tertiary/aromatic N) is 1. The van der Waals surface area contributed by atoms with Gasteiger partial charge in [0.1, 0.15) is 13.2 Å². The maximum absolute atomic E-state index is 12.7. The van der Waals surface area contributed by atoms with Crippen molar-refractivity contribution in [3.8, 4) is 17.2 Å². The SMILES string of the molecule is Cc1cc2c(n1-c1ccc(C(N)=O)c3c1OCCO3)CC(C)C(C)C2=O. The zero-order chi connectivity index (χ0) is 18.6. The van der Waals surface area contributed by atoms with Crippen LogP contribution in [0.3, 0.4) is 0 Å². The van der Waals surface area contributed by atoms with Crippen molar-refractivity contribution < 1.29 is 19.1 Å². The van der Waals surface area contributed by atoms with E-state index in [0.29, 0.717) is 30.3 Å². The van der Waals surface area contributed by atoms with E-state index in [2.05, 4.69) is 6.92 Å². The Kier molecular flexibility index (Phi) is 3.79. The van der Waals surface area contributed by atoms with Crippen LogP contribution in [-0.2, 0) is 6.42 Å². The number of ketones is 1. The van der Waals surface area contributed by atoms with Gasteiger partial charge in [-0.05, 0) is 37.5 Å². The average molecular weight is 354 g/mol. The van der Waals surface area contributed by atoms with Crippen LogP contribution in [0.15, 0.2) is 18.2 Å². The lowest BCUT2D eigenvalue weighted by Gasteiger charge is -2.28. The molecule has 6 heteroatoms. The summed E-state index contributed by atoms with van der Waals surface area (Å²) >= 11 is 0. The van der Waals surface area contributed by atoms with Gasteiger partial charge < -0.3 is 19.8 Å². The molecule has 2 aromatic rings. The molecule has 0 saturated heterocycles. The zero-order valence-electron chi connectivity index (χ0n) is 15.2. The third-order valence-electron chi connectivity index (χ3n) is 5.51. The van der Waals surface area contributed by atoms with Crippen molar-refractivity contribution in [1.82, 2.24) is 4.57 Å². The Morgan fingerprint density at radius 1 is 1.19 bits per heavy atom. The largest absolute Gasteiger partial charge is 0.485 e.